The van der Waals surface area contributed by atoms with Crippen LogP contribution in [-0.2, 0) is 11.3 Å². The van der Waals surface area contributed by atoms with E-state index in [4.69, 9.17) is 4.74 Å². The number of hydrogen-bond donors (Lipinski definition) is 1. The molecular formula is C21H26N4O3. The van der Waals surface area contributed by atoms with Crippen LogP contribution in [-0.4, -0.2) is 46.9 Å². The van der Waals surface area contributed by atoms with E-state index < -0.39 is 0 Å². The van der Waals surface area contributed by atoms with Gasteiger partial charge in [-0.25, -0.2) is 4.98 Å². The van der Waals surface area contributed by atoms with Gasteiger partial charge in [-0.3, -0.25) is 14.6 Å². The van der Waals surface area contributed by atoms with Crippen LogP contribution >= 0.6 is 0 Å². The molecule has 3 rings (SSSR count). The molecular weight excluding hydrogens is 356 g/mol. The Morgan fingerprint density at radius 3 is 2.71 bits per heavy atom. The van der Waals surface area contributed by atoms with Gasteiger partial charge in [0.15, 0.2) is 0 Å². The van der Waals surface area contributed by atoms with Crippen molar-refractivity contribution in [2.24, 2.45) is 5.92 Å². The zero-order chi connectivity index (χ0) is 19.8. The molecule has 0 spiro atoms. The van der Waals surface area contributed by atoms with E-state index in [1.807, 2.05) is 17.0 Å². The van der Waals surface area contributed by atoms with E-state index in [9.17, 15) is 9.59 Å². The minimum atomic E-state index is -0.0439. The summed E-state index contributed by atoms with van der Waals surface area (Å²) in [5.41, 5.74) is 1.49. The largest absolute Gasteiger partial charge is 0.480 e. The molecule has 1 N–H and O–H groups in total. The fraction of sp³-hybridized carbons (Fsp3) is 0.429. The predicted molar refractivity (Wildman–Crippen MR) is 105 cm³/mol. The second kappa shape index (κ2) is 9.82. The summed E-state index contributed by atoms with van der Waals surface area (Å²) in [6.45, 7) is 1.89. The standard InChI is InChI=1S/C21H26N4O3/c1-28-20-18(5-3-11-23-20)21(27)25-12-8-16(9-13-25)6-7-19(26)24-15-17-4-2-10-22-14-17/h2-5,10-11,14,16H,6-9,12-13,15H2,1H3,(H,24,26). The summed E-state index contributed by atoms with van der Waals surface area (Å²) in [6.07, 6.45) is 8.25. The molecule has 0 aromatic carbocycles. The molecule has 0 unspecified atom stereocenters. The summed E-state index contributed by atoms with van der Waals surface area (Å²) in [5.74, 6) is 0.837. The average Bonchev–Trinajstić information content (AvgIpc) is 2.76. The number of hydrogen-bond acceptors (Lipinski definition) is 5. The van der Waals surface area contributed by atoms with Crippen molar-refractivity contribution in [2.75, 3.05) is 20.2 Å². The molecule has 2 aromatic heterocycles. The lowest BCUT2D eigenvalue weighted by Gasteiger charge is -2.32. The lowest BCUT2D eigenvalue weighted by Crippen LogP contribution is -2.39. The first-order chi connectivity index (χ1) is 13.7. The van der Waals surface area contributed by atoms with Crippen LogP contribution in [0.1, 0.15) is 41.6 Å². The highest BCUT2D eigenvalue weighted by molar-refractivity contribution is 5.96. The molecule has 1 aliphatic heterocycles. The number of pyridine rings is 2. The molecule has 148 valence electrons. The van der Waals surface area contributed by atoms with E-state index in [1.54, 1.807) is 30.7 Å². The van der Waals surface area contributed by atoms with Crippen LogP contribution in [0.25, 0.3) is 0 Å². The number of piperidine rings is 1. The summed E-state index contributed by atoms with van der Waals surface area (Å²) in [7, 11) is 1.52. The summed E-state index contributed by atoms with van der Waals surface area (Å²) >= 11 is 0. The normalized spacial score (nSPS) is 14.5. The number of amides is 2. The first kappa shape index (κ1) is 19.8. The van der Waals surface area contributed by atoms with Gasteiger partial charge >= 0.3 is 0 Å². The van der Waals surface area contributed by atoms with Crippen molar-refractivity contribution in [3.8, 4) is 5.88 Å². The molecule has 2 amide bonds. The van der Waals surface area contributed by atoms with E-state index in [-0.39, 0.29) is 11.8 Å². The zero-order valence-electron chi connectivity index (χ0n) is 16.1. The third-order valence-corrected chi connectivity index (χ3v) is 5.09. The van der Waals surface area contributed by atoms with Crippen molar-refractivity contribution in [1.82, 2.24) is 20.2 Å². The molecule has 0 atom stereocenters. The van der Waals surface area contributed by atoms with Crippen LogP contribution in [0.15, 0.2) is 42.9 Å². The molecule has 1 fully saturated rings. The molecule has 1 saturated heterocycles. The highest BCUT2D eigenvalue weighted by atomic mass is 16.5. The van der Waals surface area contributed by atoms with Crippen LogP contribution in [0.5, 0.6) is 5.88 Å². The number of carbonyl (C=O) groups is 2. The van der Waals surface area contributed by atoms with Gasteiger partial charge in [-0.2, -0.15) is 0 Å². The van der Waals surface area contributed by atoms with Gasteiger partial charge in [0.25, 0.3) is 5.91 Å². The van der Waals surface area contributed by atoms with Gasteiger partial charge in [-0.1, -0.05) is 6.07 Å². The first-order valence-corrected chi connectivity index (χ1v) is 9.61. The second-order valence-electron chi connectivity index (χ2n) is 6.97. The Morgan fingerprint density at radius 1 is 1.21 bits per heavy atom. The van der Waals surface area contributed by atoms with Gasteiger partial charge in [-0.05, 0) is 48.9 Å². The monoisotopic (exact) mass is 382 g/mol. The fourth-order valence-corrected chi connectivity index (χ4v) is 3.44. The lowest BCUT2D eigenvalue weighted by atomic mass is 9.91. The maximum absolute atomic E-state index is 12.7. The Labute approximate surface area is 165 Å². The lowest BCUT2D eigenvalue weighted by molar-refractivity contribution is -0.121. The third kappa shape index (κ3) is 5.28. The molecule has 0 aliphatic carbocycles. The second-order valence-corrected chi connectivity index (χ2v) is 6.97. The van der Waals surface area contributed by atoms with E-state index in [2.05, 4.69) is 15.3 Å². The van der Waals surface area contributed by atoms with E-state index in [0.717, 1.165) is 24.8 Å². The molecule has 3 heterocycles. The van der Waals surface area contributed by atoms with Crippen LogP contribution in [0.2, 0.25) is 0 Å². The Hall–Kier alpha value is -2.96. The predicted octanol–water partition coefficient (Wildman–Crippen LogP) is 2.43. The van der Waals surface area contributed by atoms with E-state index in [0.29, 0.717) is 43.4 Å². The minimum absolute atomic E-state index is 0.0439. The molecule has 28 heavy (non-hydrogen) atoms. The van der Waals surface area contributed by atoms with Crippen LogP contribution in [0.3, 0.4) is 0 Å². The Bertz CT molecular complexity index is 789. The highest BCUT2D eigenvalue weighted by Gasteiger charge is 2.26. The minimum Gasteiger partial charge on any atom is -0.480 e. The number of rotatable bonds is 7. The number of likely N-dealkylation sites (tertiary alicyclic amines) is 1. The SMILES string of the molecule is COc1ncccc1C(=O)N1CCC(CCC(=O)NCc2cccnc2)CC1. The van der Waals surface area contributed by atoms with Crippen LogP contribution in [0.4, 0.5) is 0 Å². The number of nitrogens with zero attached hydrogens (tertiary/aromatic N) is 3. The number of aromatic nitrogens is 2. The van der Waals surface area contributed by atoms with E-state index >= 15 is 0 Å². The highest BCUT2D eigenvalue weighted by Crippen LogP contribution is 2.24. The molecule has 0 saturated carbocycles. The molecule has 0 radical (unpaired) electrons. The first-order valence-electron chi connectivity index (χ1n) is 9.61. The summed E-state index contributed by atoms with van der Waals surface area (Å²) < 4.78 is 5.19. The van der Waals surface area contributed by atoms with Crippen LogP contribution in [0, 0.1) is 5.92 Å². The van der Waals surface area contributed by atoms with Gasteiger partial charge < -0.3 is 15.0 Å². The maximum atomic E-state index is 12.7. The topological polar surface area (TPSA) is 84.4 Å². The molecule has 7 heteroatoms. The van der Waals surface area contributed by atoms with Gasteiger partial charge in [0, 0.05) is 44.6 Å². The van der Waals surface area contributed by atoms with Gasteiger partial charge in [-0.15, -0.1) is 0 Å². The quantitative estimate of drug-likeness (QED) is 0.795. The van der Waals surface area contributed by atoms with Crippen molar-refractivity contribution in [2.45, 2.75) is 32.2 Å². The summed E-state index contributed by atoms with van der Waals surface area (Å²) in [4.78, 5) is 34.8. The number of nitrogens with one attached hydrogen (secondary N) is 1. The molecule has 7 nitrogen and oxygen atoms in total. The van der Waals surface area contributed by atoms with Crippen molar-refractivity contribution < 1.29 is 14.3 Å². The molecule has 1 aliphatic rings. The van der Waals surface area contributed by atoms with Crippen molar-refractivity contribution in [3.05, 3.63) is 54.0 Å². The van der Waals surface area contributed by atoms with Crippen molar-refractivity contribution in [3.63, 3.8) is 0 Å². The summed E-state index contributed by atoms with van der Waals surface area (Å²) in [5, 5.41) is 2.94. The van der Waals surface area contributed by atoms with Crippen molar-refractivity contribution >= 4 is 11.8 Å². The number of ether oxygens (including phenoxy) is 1. The Morgan fingerprint density at radius 2 is 2.00 bits per heavy atom. The maximum Gasteiger partial charge on any atom is 0.259 e. The van der Waals surface area contributed by atoms with Crippen LogP contribution < -0.4 is 10.1 Å². The Balaban J connectivity index is 1.40. The van der Waals surface area contributed by atoms with Crippen molar-refractivity contribution in [1.29, 1.82) is 0 Å². The summed E-state index contributed by atoms with van der Waals surface area (Å²) in [6, 6.07) is 7.29. The van der Waals surface area contributed by atoms with Gasteiger partial charge in [0.05, 0.1) is 7.11 Å². The van der Waals surface area contributed by atoms with E-state index in [1.165, 1.54) is 7.11 Å². The fourth-order valence-electron chi connectivity index (χ4n) is 3.44. The molecule has 0 bridgehead atoms. The number of carbonyl (C=O) groups excluding carboxylic acids is 2. The zero-order valence-corrected chi connectivity index (χ0v) is 16.1. The average molecular weight is 382 g/mol. The number of methoxy groups -OCH3 is 1. The smallest absolute Gasteiger partial charge is 0.259 e. The molecule has 2 aromatic rings. The van der Waals surface area contributed by atoms with Gasteiger partial charge in [0.1, 0.15) is 5.56 Å². The third-order valence-electron chi connectivity index (χ3n) is 5.09. The Kier molecular flexibility index (Phi) is 6.94. The van der Waals surface area contributed by atoms with Gasteiger partial charge in [0.2, 0.25) is 11.8 Å².